The van der Waals surface area contributed by atoms with Crippen LogP contribution in [0.4, 0.5) is 5.69 Å². The molecule has 0 atom stereocenters. The molecule has 2 aromatic rings. The number of carbonyl (C=O) groups is 1. The minimum Gasteiger partial charge on any atom is -0.399 e. The van der Waals surface area contributed by atoms with Crippen LogP contribution in [0.5, 0.6) is 0 Å². The Kier molecular flexibility index (Phi) is 3.18. The van der Waals surface area contributed by atoms with Gasteiger partial charge >= 0.3 is 0 Å². The molecule has 1 amide bonds. The molecule has 2 N–H and O–H groups in total. The lowest BCUT2D eigenvalue weighted by molar-refractivity contribution is -0.131. The van der Waals surface area contributed by atoms with Crippen LogP contribution < -0.4 is 5.73 Å². The minimum absolute atomic E-state index is 0.111. The van der Waals surface area contributed by atoms with E-state index in [1.54, 1.807) is 10.9 Å². The van der Waals surface area contributed by atoms with E-state index in [0.717, 1.165) is 29.7 Å². The van der Waals surface area contributed by atoms with Crippen molar-refractivity contribution in [2.24, 2.45) is 0 Å². The zero-order chi connectivity index (χ0) is 14.1. The summed E-state index contributed by atoms with van der Waals surface area (Å²) in [7, 11) is 1.87. The van der Waals surface area contributed by atoms with Crippen molar-refractivity contribution < 1.29 is 4.79 Å². The number of amides is 1. The lowest BCUT2D eigenvalue weighted by atomic mass is 10.1. The van der Waals surface area contributed by atoms with E-state index in [0.29, 0.717) is 12.6 Å². The number of nitrogen functional groups attached to an aromatic ring is 1. The Labute approximate surface area is 118 Å². The molecule has 0 bridgehead atoms. The van der Waals surface area contributed by atoms with Gasteiger partial charge < -0.3 is 10.6 Å². The average Bonchev–Trinajstić information content (AvgIpc) is 3.19. The van der Waals surface area contributed by atoms with Crippen molar-refractivity contribution in [3.05, 3.63) is 36.7 Å². The highest BCUT2D eigenvalue weighted by Crippen LogP contribution is 2.25. The standard InChI is InChI=1S/C15H18N4O/c1-18(14-6-7-14)15(20)10-19-9-12(8-17-19)11-2-4-13(16)5-3-11/h2-5,8-9,14H,6-7,10,16H2,1H3. The van der Waals surface area contributed by atoms with Gasteiger partial charge in [0.05, 0.1) is 6.20 Å². The van der Waals surface area contributed by atoms with E-state index in [1.165, 1.54) is 0 Å². The first-order valence-corrected chi connectivity index (χ1v) is 6.77. The van der Waals surface area contributed by atoms with E-state index in [1.807, 2.05) is 42.4 Å². The third-order valence-electron chi connectivity index (χ3n) is 3.66. The molecule has 1 fully saturated rings. The molecule has 0 aliphatic heterocycles. The van der Waals surface area contributed by atoms with Crippen LogP contribution in [0.25, 0.3) is 11.1 Å². The molecule has 1 aromatic carbocycles. The van der Waals surface area contributed by atoms with E-state index in [2.05, 4.69) is 5.10 Å². The van der Waals surface area contributed by atoms with Gasteiger partial charge in [-0.2, -0.15) is 5.10 Å². The predicted molar refractivity (Wildman–Crippen MR) is 77.9 cm³/mol. The maximum Gasteiger partial charge on any atom is 0.244 e. The molecule has 0 spiro atoms. The fourth-order valence-electron chi connectivity index (χ4n) is 2.19. The van der Waals surface area contributed by atoms with E-state index in [-0.39, 0.29) is 5.91 Å². The topological polar surface area (TPSA) is 64.2 Å². The number of aromatic nitrogens is 2. The molecule has 1 saturated carbocycles. The van der Waals surface area contributed by atoms with E-state index in [4.69, 9.17) is 5.73 Å². The summed E-state index contributed by atoms with van der Waals surface area (Å²) in [5.74, 6) is 0.111. The molecule has 0 unspecified atom stereocenters. The molecular formula is C15H18N4O. The van der Waals surface area contributed by atoms with E-state index >= 15 is 0 Å². The van der Waals surface area contributed by atoms with Crippen LogP contribution in [0.15, 0.2) is 36.7 Å². The molecule has 1 aliphatic carbocycles. The van der Waals surface area contributed by atoms with E-state index in [9.17, 15) is 4.79 Å². The molecule has 0 radical (unpaired) electrons. The highest BCUT2D eigenvalue weighted by molar-refractivity contribution is 5.76. The second-order valence-corrected chi connectivity index (χ2v) is 5.28. The molecule has 1 aromatic heterocycles. The third kappa shape index (κ3) is 2.66. The lowest BCUT2D eigenvalue weighted by Gasteiger charge is -2.15. The van der Waals surface area contributed by atoms with Gasteiger partial charge in [0.1, 0.15) is 6.54 Å². The van der Waals surface area contributed by atoms with Crippen LogP contribution in [-0.4, -0.2) is 33.7 Å². The first kappa shape index (κ1) is 12.7. The third-order valence-corrected chi connectivity index (χ3v) is 3.66. The van der Waals surface area contributed by atoms with Crippen molar-refractivity contribution in [3.63, 3.8) is 0 Å². The molecule has 104 valence electrons. The number of rotatable bonds is 4. The Morgan fingerprint density at radius 2 is 2.05 bits per heavy atom. The van der Waals surface area contributed by atoms with Crippen molar-refractivity contribution in [2.75, 3.05) is 12.8 Å². The number of benzene rings is 1. The number of hydrogen-bond donors (Lipinski definition) is 1. The van der Waals surface area contributed by atoms with Gasteiger partial charge in [-0.25, -0.2) is 0 Å². The first-order chi connectivity index (χ1) is 9.63. The second-order valence-electron chi connectivity index (χ2n) is 5.28. The van der Waals surface area contributed by atoms with Crippen LogP contribution in [0.1, 0.15) is 12.8 Å². The Morgan fingerprint density at radius 1 is 1.35 bits per heavy atom. The Bertz CT molecular complexity index is 613. The van der Waals surface area contributed by atoms with Crippen molar-refractivity contribution in [2.45, 2.75) is 25.4 Å². The second kappa shape index (κ2) is 5.00. The van der Waals surface area contributed by atoms with Crippen LogP contribution in [0, 0.1) is 0 Å². The molecule has 1 heterocycles. The van der Waals surface area contributed by atoms with Crippen molar-refractivity contribution in [1.29, 1.82) is 0 Å². The summed E-state index contributed by atoms with van der Waals surface area (Å²) in [5, 5.41) is 4.26. The maximum absolute atomic E-state index is 12.0. The van der Waals surface area contributed by atoms with Gasteiger partial charge in [-0.1, -0.05) is 12.1 Å². The normalized spacial score (nSPS) is 14.2. The maximum atomic E-state index is 12.0. The predicted octanol–water partition coefficient (Wildman–Crippen LogP) is 1.75. The van der Waals surface area contributed by atoms with Crippen LogP contribution >= 0.6 is 0 Å². The van der Waals surface area contributed by atoms with Crippen LogP contribution in [0.2, 0.25) is 0 Å². The molecule has 1 aliphatic rings. The fourth-order valence-corrected chi connectivity index (χ4v) is 2.19. The van der Waals surface area contributed by atoms with Crippen LogP contribution in [0.3, 0.4) is 0 Å². The number of anilines is 1. The lowest BCUT2D eigenvalue weighted by Crippen LogP contribution is -2.32. The monoisotopic (exact) mass is 270 g/mol. The quantitative estimate of drug-likeness (QED) is 0.861. The minimum atomic E-state index is 0.111. The first-order valence-electron chi connectivity index (χ1n) is 6.77. The Morgan fingerprint density at radius 3 is 2.70 bits per heavy atom. The number of nitrogens with zero attached hydrogens (tertiary/aromatic N) is 3. The molecule has 20 heavy (non-hydrogen) atoms. The van der Waals surface area contributed by atoms with Gasteiger partial charge in [0, 0.05) is 30.5 Å². The molecule has 0 saturated heterocycles. The summed E-state index contributed by atoms with van der Waals surface area (Å²) in [4.78, 5) is 13.9. The Hall–Kier alpha value is -2.30. The Balaban J connectivity index is 1.70. The molecule has 3 rings (SSSR count). The van der Waals surface area contributed by atoms with Gasteiger partial charge in [-0.3, -0.25) is 9.48 Å². The van der Waals surface area contributed by atoms with Gasteiger partial charge in [0.2, 0.25) is 5.91 Å². The number of hydrogen-bond acceptors (Lipinski definition) is 3. The molecule has 5 heteroatoms. The number of likely N-dealkylation sites (N-methyl/N-ethyl adjacent to an activating group) is 1. The summed E-state index contributed by atoms with van der Waals surface area (Å²) in [6.45, 7) is 0.294. The summed E-state index contributed by atoms with van der Waals surface area (Å²) >= 11 is 0. The number of carbonyl (C=O) groups excluding carboxylic acids is 1. The average molecular weight is 270 g/mol. The van der Waals surface area contributed by atoms with E-state index < -0.39 is 0 Å². The summed E-state index contributed by atoms with van der Waals surface area (Å²) in [5.41, 5.74) is 8.45. The van der Waals surface area contributed by atoms with Gasteiger partial charge in [-0.05, 0) is 30.5 Å². The summed E-state index contributed by atoms with van der Waals surface area (Å²) < 4.78 is 1.69. The zero-order valence-corrected chi connectivity index (χ0v) is 11.5. The highest BCUT2D eigenvalue weighted by Gasteiger charge is 2.29. The highest BCUT2D eigenvalue weighted by atomic mass is 16.2. The SMILES string of the molecule is CN(C(=O)Cn1cc(-c2ccc(N)cc2)cn1)C1CC1. The van der Waals surface area contributed by atoms with Gasteiger partial charge in [0.15, 0.2) is 0 Å². The smallest absolute Gasteiger partial charge is 0.244 e. The van der Waals surface area contributed by atoms with Crippen molar-refractivity contribution in [1.82, 2.24) is 14.7 Å². The van der Waals surface area contributed by atoms with Crippen LogP contribution in [-0.2, 0) is 11.3 Å². The largest absolute Gasteiger partial charge is 0.399 e. The van der Waals surface area contributed by atoms with Gasteiger partial charge in [-0.15, -0.1) is 0 Å². The van der Waals surface area contributed by atoms with Gasteiger partial charge in [0.25, 0.3) is 0 Å². The summed E-state index contributed by atoms with van der Waals surface area (Å²) in [6.07, 6.45) is 5.91. The summed E-state index contributed by atoms with van der Waals surface area (Å²) in [6, 6.07) is 8.07. The van der Waals surface area contributed by atoms with Crippen molar-refractivity contribution >= 4 is 11.6 Å². The fraction of sp³-hybridized carbons (Fsp3) is 0.333. The zero-order valence-electron chi connectivity index (χ0n) is 11.5. The molecule has 5 nitrogen and oxygen atoms in total. The van der Waals surface area contributed by atoms with Crippen molar-refractivity contribution in [3.8, 4) is 11.1 Å². The molecular weight excluding hydrogens is 252 g/mol. The number of nitrogens with two attached hydrogens (primary N) is 1.